The van der Waals surface area contributed by atoms with Gasteiger partial charge in [0.05, 0.1) is 5.56 Å². The zero-order chi connectivity index (χ0) is 21.4. The van der Waals surface area contributed by atoms with E-state index in [1.165, 1.54) is 18.5 Å². The quantitative estimate of drug-likeness (QED) is 0.297. The van der Waals surface area contributed by atoms with E-state index in [0.29, 0.717) is 6.29 Å². The third-order valence-electron chi connectivity index (χ3n) is 2.91. The Balaban J connectivity index is 0.000000253. The van der Waals surface area contributed by atoms with E-state index >= 15 is 0 Å². The zero-order valence-corrected chi connectivity index (χ0v) is 14.1. The Morgan fingerprint density at radius 3 is 2.48 bits per heavy atom. The summed E-state index contributed by atoms with van der Waals surface area (Å²) in [7, 11) is 0. The van der Waals surface area contributed by atoms with Gasteiger partial charge < -0.3 is 20.6 Å². The first-order valence-corrected chi connectivity index (χ1v) is 7.34. The van der Waals surface area contributed by atoms with Gasteiger partial charge in [-0.05, 0) is 12.1 Å². The Hall–Kier alpha value is -4.69. The molecule has 1 aromatic carbocycles. The van der Waals surface area contributed by atoms with Gasteiger partial charge in [0.15, 0.2) is 35.2 Å². The maximum Gasteiger partial charge on any atom is 0.425 e. The zero-order valence-electron chi connectivity index (χ0n) is 14.1. The molecule has 0 aromatic heterocycles. The molecule has 15 heteroatoms. The minimum absolute atomic E-state index is 0.00385. The molecule has 2 aliphatic heterocycles. The number of benzene rings is 1. The first-order chi connectivity index (χ1) is 13.8. The number of nitrogens with zero attached hydrogens (tertiary/aromatic N) is 5. The molecule has 0 unspecified atom stereocenters. The summed E-state index contributed by atoms with van der Waals surface area (Å²) in [5.74, 6) is -1.38. The molecule has 0 aliphatic carbocycles. The van der Waals surface area contributed by atoms with Crippen LogP contribution >= 0.6 is 0 Å². The van der Waals surface area contributed by atoms with Crippen molar-refractivity contribution in [3.8, 4) is 5.75 Å². The number of carboxylic acid groups (broad SMARTS) is 2. The smallest absolute Gasteiger partial charge is 0.425 e. The second-order valence-electron chi connectivity index (χ2n) is 4.81. The standard InChI is InChI=1S/C7H5FO2.C7H6N8O4/c8-6-3-1-2-5(4-9)7(6)10;16-6(17)14-12-4-2-3(9-1-8-2)10-5(11-4)13-15-7(18)19/h1-4,10H;1,14-15H,(H,16,17)(H,18,19)(H,11,12,13). The van der Waals surface area contributed by atoms with Crippen LogP contribution in [-0.2, 0) is 0 Å². The van der Waals surface area contributed by atoms with Crippen molar-refractivity contribution >= 4 is 48.2 Å². The van der Waals surface area contributed by atoms with E-state index in [4.69, 9.17) is 15.3 Å². The Morgan fingerprint density at radius 2 is 1.86 bits per heavy atom. The molecule has 0 saturated carbocycles. The van der Waals surface area contributed by atoms with E-state index in [1.54, 1.807) is 10.9 Å². The van der Waals surface area contributed by atoms with E-state index in [-0.39, 0.29) is 28.9 Å². The third kappa shape index (κ3) is 5.64. The van der Waals surface area contributed by atoms with Crippen molar-refractivity contribution in [3.05, 3.63) is 29.6 Å². The maximum absolute atomic E-state index is 12.4. The second-order valence-corrected chi connectivity index (χ2v) is 4.81. The highest BCUT2D eigenvalue weighted by Crippen LogP contribution is 2.17. The fourth-order valence-corrected chi connectivity index (χ4v) is 1.77. The molecule has 0 atom stereocenters. The monoisotopic (exact) mass is 406 g/mol. The molecule has 29 heavy (non-hydrogen) atoms. The van der Waals surface area contributed by atoms with Crippen LogP contribution in [0.5, 0.6) is 5.75 Å². The number of guanidine groups is 1. The molecular weight excluding hydrogens is 395 g/mol. The van der Waals surface area contributed by atoms with Gasteiger partial charge in [-0.25, -0.2) is 34.8 Å². The molecule has 2 amide bonds. The summed E-state index contributed by atoms with van der Waals surface area (Å²) >= 11 is 0. The Kier molecular flexibility index (Phi) is 6.62. The number of phenols is 1. The Bertz CT molecular complexity index is 1000. The van der Waals surface area contributed by atoms with E-state index < -0.39 is 23.8 Å². The van der Waals surface area contributed by atoms with Crippen molar-refractivity contribution in [2.75, 3.05) is 0 Å². The summed E-state index contributed by atoms with van der Waals surface area (Å²) in [6.45, 7) is 0. The van der Waals surface area contributed by atoms with Crippen LogP contribution in [0.3, 0.4) is 0 Å². The number of aromatic hydroxyl groups is 1. The van der Waals surface area contributed by atoms with Gasteiger partial charge in [0.25, 0.3) is 0 Å². The van der Waals surface area contributed by atoms with Crippen LogP contribution in [0.2, 0.25) is 0 Å². The molecule has 0 radical (unpaired) electrons. The van der Waals surface area contributed by atoms with Gasteiger partial charge in [-0.2, -0.15) is 4.99 Å². The number of aliphatic imine (C=N–C) groups is 3. The van der Waals surface area contributed by atoms with Crippen LogP contribution in [0.15, 0.2) is 43.4 Å². The van der Waals surface area contributed by atoms with Crippen molar-refractivity contribution in [1.82, 2.24) is 16.2 Å². The van der Waals surface area contributed by atoms with Gasteiger partial charge in [0.1, 0.15) is 6.34 Å². The first-order valence-electron chi connectivity index (χ1n) is 7.34. The Labute approximate surface area is 159 Å². The van der Waals surface area contributed by atoms with Crippen molar-refractivity contribution in [2.24, 2.45) is 25.2 Å². The summed E-state index contributed by atoms with van der Waals surface area (Å²) in [5, 5.41) is 35.1. The molecule has 0 saturated heterocycles. The lowest BCUT2D eigenvalue weighted by Gasteiger charge is -2.13. The van der Waals surface area contributed by atoms with Crippen LogP contribution in [-0.4, -0.2) is 63.5 Å². The largest absolute Gasteiger partial charge is 0.504 e. The summed E-state index contributed by atoms with van der Waals surface area (Å²) in [4.78, 5) is 42.2. The van der Waals surface area contributed by atoms with Crippen molar-refractivity contribution in [1.29, 1.82) is 0 Å². The highest BCUT2D eigenvalue weighted by atomic mass is 19.1. The fourth-order valence-electron chi connectivity index (χ4n) is 1.77. The number of phenolic OH excluding ortho intramolecular Hbond substituents is 1. The topological polar surface area (TPSA) is 210 Å². The molecule has 2 heterocycles. The number of hydrogen-bond donors (Lipinski definition) is 6. The predicted molar refractivity (Wildman–Crippen MR) is 97.1 cm³/mol. The van der Waals surface area contributed by atoms with Gasteiger partial charge in [0, 0.05) is 0 Å². The molecule has 0 bridgehead atoms. The molecule has 14 nitrogen and oxygen atoms in total. The van der Waals surface area contributed by atoms with Gasteiger partial charge in [-0.1, -0.05) is 6.07 Å². The number of amidine groups is 2. The number of hydrazone groups is 2. The molecule has 0 spiro atoms. The fraction of sp³-hybridized carbons (Fsp3) is 0. The van der Waals surface area contributed by atoms with Crippen LogP contribution in [0.4, 0.5) is 14.0 Å². The van der Waals surface area contributed by atoms with Crippen molar-refractivity contribution in [2.45, 2.75) is 0 Å². The molecular formula is C14H11FN8O6. The van der Waals surface area contributed by atoms with Crippen molar-refractivity contribution in [3.63, 3.8) is 0 Å². The molecule has 6 N–H and O–H groups in total. The van der Waals surface area contributed by atoms with Gasteiger partial charge in [-0.3, -0.25) is 4.79 Å². The number of fused-ring (bicyclic) bond motifs is 1. The van der Waals surface area contributed by atoms with Gasteiger partial charge in [-0.15, -0.1) is 10.2 Å². The third-order valence-corrected chi connectivity index (χ3v) is 2.91. The Morgan fingerprint density at radius 1 is 1.17 bits per heavy atom. The summed E-state index contributed by atoms with van der Waals surface area (Å²) < 4.78 is 12.4. The normalized spacial score (nSPS) is 16.6. The summed E-state index contributed by atoms with van der Waals surface area (Å²) in [6.07, 6.45) is -1.16. The van der Waals surface area contributed by atoms with Gasteiger partial charge in [0.2, 0.25) is 5.96 Å². The van der Waals surface area contributed by atoms with E-state index in [9.17, 15) is 18.8 Å². The SMILES string of the molecule is O=C(O)NN=C1N=C2N=CN=C2C(=NNC(=O)O)N1.O=Cc1cccc(F)c1O. The number of rotatable bonds is 3. The molecule has 3 rings (SSSR count). The minimum atomic E-state index is -1.38. The number of halogens is 1. The summed E-state index contributed by atoms with van der Waals surface area (Å²) in [5.41, 5.74) is 3.69. The number of aldehydes is 1. The highest BCUT2D eigenvalue weighted by Gasteiger charge is 2.26. The van der Waals surface area contributed by atoms with E-state index in [2.05, 4.69) is 30.5 Å². The molecule has 2 aliphatic rings. The lowest BCUT2D eigenvalue weighted by atomic mass is 10.2. The maximum atomic E-state index is 12.4. The minimum Gasteiger partial charge on any atom is -0.504 e. The average Bonchev–Trinajstić information content (AvgIpc) is 3.16. The van der Waals surface area contributed by atoms with Crippen LogP contribution in [0.1, 0.15) is 10.4 Å². The number of hydrogen-bond acceptors (Lipinski definition) is 8. The number of para-hydroxylation sites is 1. The summed E-state index contributed by atoms with van der Waals surface area (Å²) in [6, 6.07) is 3.78. The molecule has 150 valence electrons. The van der Waals surface area contributed by atoms with E-state index in [1.807, 2.05) is 0 Å². The second kappa shape index (κ2) is 9.31. The number of amides is 2. The number of carbonyl (C=O) groups is 3. The van der Waals surface area contributed by atoms with Gasteiger partial charge >= 0.3 is 12.2 Å². The number of nitrogens with one attached hydrogen (secondary N) is 3. The van der Waals surface area contributed by atoms with Crippen LogP contribution in [0, 0.1) is 5.82 Å². The van der Waals surface area contributed by atoms with Crippen molar-refractivity contribution < 1.29 is 34.1 Å². The lowest BCUT2D eigenvalue weighted by Crippen LogP contribution is -2.45. The molecule has 0 fully saturated rings. The van der Waals surface area contributed by atoms with E-state index in [0.717, 1.165) is 6.07 Å². The highest BCUT2D eigenvalue weighted by molar-refractivity contribution is 6.73. The lowest BCUT2D eigenvalue weighted by molar-refractivity contribution is 0.112. The van der Waals surface area contributed by atoms with Crippen LogP contribution in [0.25, 0.3) is 0 Å². The average molecular weight is 406 g/mol. The molecule has 1 aromatic rings. The van der Waals surface area contributed by atoms with Crippen LogP contribution < -0.4 is 16.2 Å². The predicted octanol–water partition coefficient (Wildman–Crippen LogP) is -0.0655. The first kappa shape index (κ1) is 20.6. The number of carbonyl (C=O) groups excluding carboxylic acids is 1.